The number of rotatable bonds is 1. The van der Waals surface area contributed by atoms with Crippen molar-refractivity contribution in [3.63, 3.8) is 0 Å². The Labute approximate surface area is 97.8 Å². The van der Waals surface area contributed by atoms with Crippen LogP contribution in [0.25, 0.3) is 0 Å². The lowest BCUT2D eigenvalue weighted by Gasteiger charge is -2.09. The molecule has 0 fully saturated rings. The molecule has 0 heterocycles. The van der Waals surface area contributed by atoms with Crippen molar-refractivity contribution in [2.45, 2.75) is 6.36 Å². The van der Waals surface area contributed by atoms with Crippen LogP contribution in [0.15, 0.2) is 22.7 Å². The predicted molar refractivity (Wildman–Crippen MR) is 53.3 cm³/mol. The highest BCUT2D eigenvalue weighted by Gasteiger charge is 2.31. The number of hydrogen-bond donors (Lipinski definition) is 0. The van der Waals surface area contributed by atoms with Gasteiger partial charge >= 0.3 is 6.36 Å². The Morgan fingerprint density at radius 3 is 2.50 bits per heavy atom. The number of halogens is 4. The second-order valence-corrected chi connectivity index (χ2v) is 3.41. The molecule has 0 amide bonds. The number of hydrogen-bond acceptors (Lipinski definition) is 2. The normalized spacial score (nSPS) is 9.94. The van der Waals surface area contributed by atoms with Crippen LogP contribution in [0.4, 0.5) is 13.2 Å². The molecule has 0 N–H and O–H groups in total. The first kappa shape index (κ1) is 12.4. The number of ether oxygens (including phenoxy) is 1. The topological polar surface area (TPSA) is 33.0 Å². The van der Waals surface area contributed by atoms with Gasteiger partial charge in [0.15, 0.2) is 6.07 Å². The van der Waals surface area contributed by atoms with E-state index < -0.39 is 6.36 Å². The van der Waals surface area contributed by atoms with Gasteiger partial charge in [0, 0.05) is 16.0 Å². The second-order valence-electron chi connectivity index (χ2n) is 2.55. The minimum Gasteiger partial charge on any atom is -0.406 e. The van der Waals surface area contributed by atoms with Crippen molar-refractivity contribution in [1.82, 2.24) is 0 Å². The molecule has 0 aliphatic rings. The first-order valence-corrected chi connectivity index (χ1v) is 4.67. The van der Waals surface area contributed by atoms with Gasteiger partial charge < -0.3 is 4.74 Å². The van der Waals surface area contributed by atoms with Gasteiger partial charge in [0.25, 0.3) is 0 Å². The summed E-state index contributed by atoms with van der Waals surface area (Å²) in [5.74, 6) is 4.25. The second kappa shape index (κ2) is 4.91. The van der Waals surface area contributed by atoms with E-state index in [0.717, 1.165) is 12.1 Å². The SMILES string of the molecule is N#CC#Cc1ccc(OC(F)(F)F)cc1Br. The zero-order chi connectivity index (χ0) is 12.2. The molecule has 0 spiro atoms. The quantitative estimate of drug-likeness (QED) is 0.744. The smallest absolute Gasteiger partial charge is 0.406 e. The average molecular weight is 290 g/mol. The molecule has 0 aromatic heterocycles. The van der Waals surface area contributed by atoms with Crippen molar-refractivity contribution in [2.75, 3.05) is 0 Å². The van der Waals surface area contributed by atoms with Gasteiger partial charge in [0.1, 0.15) is 5.75 Å². The Morgan fingerprint density at radius 1 is 1.31 bits per heavy atom. The zero-order valence-corrected chi connectivity index (χ0v) is 9.19. The minimum atomic E-state index is -4.72. The van der Waals surface area contributed by atoms with Crippen LogP contribution in [0.2, 0.25) is 0 Å². The van der Waals surface area contributed by atoms with Crippen LogP contribution in [0.5, 0.6) is 5.75 Å². The molecule has 0 atom stereocenters. The lowest BCUT2D eigenvalue weighted by atomic mass is 10.2. The van der Waals surface area contributed by atoms with Gasteiger partial charge in [-0.05, 0) is 40.0 Å². The molecular weight excluding hydrogens is 287 g/mol. The van der Waals surface area contributed by atoms with Crippen LogP contribution in [-0.4, -0.2) is 6.36 Å². The Hall–Kier alpha value is -1.66. The van der Waals surface area contributed by atoms with E-state index in [0.29, 0.717) is 10.0 Å². The molecular formula is C10H3BrF3NO. The molecule has 6 heteroatoms. The van der Waals surface area contributed by atoms with E-state index in [9.17, 15) is 13.2 Å². The summed E-state index contributed by atoms with van der Waals surface area (Å²) in [7, 11) is 0. The first-order chi connectivity index (χ1) is 7.42. The third-order valence-corrected chi connectivity index (χ3v) is 2.08. The van der Waals surface area contributed by atoms with E-state index in [1.165, 1.54) is 6.07 Å². The molecule has 0 unspecified atom stereocenters. The molecule has 1 aromatic carbocycles. The molecule has 0 saturated heterocycles. The molecule has 16 heavy (non-hydrogen) atoms. The van der Waals surface area contributed by atoms with Gasteiger partial charge in [-0.2, -0.15) is 5.26 Å². The highest BCUT2D eigenvalue weighted by atomic mass is 79.9. The fraction of sp³-hybridized carbons (Fsp3) is 0.100. The molecule has 0 aliphatic heterocycles. The molecule has 1 aromatic rings. The summed E-state index contributed by atoms with van der Waals surface area (Å²) < 4.78 is 39.6. The Morgan fingerprint density at radius 2 is 2.00 bits per heavy atom. The van der Waals surface area contributed by atoms with E-state index in [-0.39, 0.29) is 5.75 Å². The third-order valence-electron chi connectivity index (χ3n) is 1.43. The summed E-state index contributed by atoms with van der Waals surface area (Å²) >= 11 is 3.03. The first-order valence-electron chi connectivity index (χ1n) is 3.88. The van der Waals surface area contributed by atoms with Crippen LogP contribution < -0.4 is 4.74 Å². The molecule has 1 rings (SSSR count). The average Bonchev–Trinajstić information content (AvgIpc) is 2.14. The molecule has 82 valence electrons. The zero-order valence-electron chi connectivity index (χ0n) is 7.60. The number of nitrogens with zero attached hydrogens (tertiary/aromatic N) is 1. The van der Waals surface area contributed by atoms with Gasteiger partial charge in [0.2, 0.25) is 0 Å². The standard InChI is InChI=1S/C10H3BrF3NO/c11-9-6-8(16-10(12,13)14)4-3-7(9)2-1-5-15/h3-4,6H. The summed E-state index contributed by atoms with van der Waals surface area (Å²) in [5, 5.41) is 8.21. The van der Waals surface area contributed by atoms with E-state index >= 15 is 0 Å². The van der Waals surface area contributed by atoms with Crippen molar-refractivity contribution in [2.24, 2.45) is 0 Å². The Kier molecular flexibility index (Phi) is 3.81. The van der Waals surface area contributed by atoms with E-state index in [1.54, 1.807) is 6.07 Å². The van der Waals surface area contributed by atoms with Crippen LogP contribution >= 0.6 is 15.9 Å². The molecule has 0 radical (unpaired) electrons. The van der Waals surface area contributed by atoms with Crippen molar-refractivity contribution in [3.05, 3.63) is 28.2 Å². The Balaban J connectivity index is 2.97. The van der Waals surface area contributed by atoms with E-state index in [1.807, 2.05) is 0 Å². The van der Waals surface area contributed by atoms with Gasteiger partial charge in [-0.25, -0.2) is 0 Å². The number of benzene rings is 1. The summed E-state index contributed by atoms with van der Waals surface area (Å²) in [6, 6.07) is 5.19. The highest BCUT2D eigenvalue weighted by Crippen LogP contribution is 2.27. The van der Waals surface area contributed by atoms with Crippen molar-refractivity contribution < 1.29 is 17.9 Å². The maximum Gasteiger partial charge on any atom is 0.573 e. The maximum atomic E-state index is 11.9. The van der Waals surface area contributed by atoms with Gasteiger partial charge in [-0.15, -0.1) is 13.2 Å². The largest absolute Gasteiger partial charge is 0.573 e. The maximum absolute atomic E-state index is 11.9. The van der Waals surface area contributed by atoms with Crippen LogP contribution in [0, 0.1) is 23.2 Å². The van der Waals surface area contributed by atoms with Crippen molar-refractivity contribution in [1.29, 1.82) is 5.26 Å². The van der Waals surface area contributed by atoms with Gasteiger partial charge in [-0.1, -0.05) is 0 Å². The van der Waals surface area contributed by atoms with Crippen LogP contribution in [0.1, 0.15) is 5.56 Å². The predicted octanol–water partition coefficient (Wildman–Crippen LogP) is 3.22. The number of nitriles is 1. The third kappa shape index (κ3) is 3.84. The Bertz CT molecular complexity index is 494. The fourth-order valence-electron chi connectivity index (χ4n) is 0.890. The molecule has 2 nitrogen and oxygen atoms in total. The fourth-order valence-corrected chi connectivity index (χ4v) is 1.35. The summed E-state index contributed by atoms with van der Waals surface area (Å²) in [5.41, 5.74) is 0.413. The van der Waals surface area contributed by atoms with Crippen LogP contribution in [0.3, 0.4) is 0 Å². The van der Waals surface area contributed by atoms with Crippen LogP contribution in [-0.2, 0) is 0 Å². The van der Waals surface area contributed by atoms with E-state index in [2.05, 4.69) is 32.5 Å². The minimum absolute atomic E-state index is 0.331. The molecule has 0 bridgehead atoms. The molecule has 0 aliphatic carbocycles. The van der Waals surface area contributed by atoms with Crippen molar-refractivity contribution >= 4 is 15.9 Å². The summed E-state index contributed by atoms with van der Waals surface area (Å²) in [6.07, 6.45) is -4.72. The van der Waals surface area contributed by atoms with Crippen molar-refractivity contribution in [3.8, 4) is 23.7 Å². The molecule has 0 saturated carbocycles. The van der Waals surface area contributed by atoms with Gasteiger partial charge in [-0.3, -0.25) is 0 Å². The lowest BCUT2D eigenvalue weighted by Crippen LogP contribution is -2.17. The van der Waals surface area contributed by atoms with Gasteiger partial charge in [0.05, 0.1) is 0 Å². The van der Waals surface area contributed by atoms with E-state index in [4.69, 9.17) is 5.26 Å². The highest BCUT2D eigenvalue weighted by molar-refractivity contribution is 9.10. The monoisotopic (exact) mass is 289 g/mol. The lowest BCUT2D eigenvalue weighted by molar-refractivity contribution is -0.274. The summed E-state index contributed by atoms with van der Waals surface area (Å²) in [4.78, 5) is 0. The summed E-state index contributed by atoms with van der Waals surface area (Å²) in [6.45, 7) is 0. The number of alkyl halides is 3.